The lowest BCUT2D eigenvalue weighted by Gasteiger charge is -2.06. The number of carbonyl (C=O) groups excluding carboxylic acids is 1. The fraction of sp³-hybridized carbons (Fsp3) is 0.176. The molecule has 21 heavy (non-hydrogen) atoms. The molecule has 0 spiro atoms. The molecule has 1 unspecified atom stereocenters. The highest BCUT2D eigenvalue weighted by atomic mass is 16.6. The van der Waals surface area contributed by atoms with Crippen molar-refractivity contribution in [3.8, 4) is 11.8 Å². The van der Waals surface area contributed by atoms with E-state index < -0.39 is 6.09 Å². The van der Waals surface area contributed by atoms with Gasteiger partial charge in [0.1, 0.15) is 6.61 Å². The third-order valence-electron chi connectivity index (χ3n) is 3.24. The van der Waals surface area contributed by atoms with Crippen LogP contribution in [0.2, 0.25) is 0 Å². The SMILES string of the molecule is Cc1ccc(C#Cc2cncc(C3COC(=O)N3)c2)cc1. The number of hydrogen-bond donors (Lipinski definition) is 1. The molecule has 1 saturated heterocycles. The number of aryl methyl sites for hydroxylation is 1. The smallest absolute Gasteiger partial charge is 0.407 e. The van der Waals surface area contributed by atoms with Gasteiger partial charge in [-0.05, 0) is 30.7 Å². The molecular formula is C17H14N2O2. The van der Waals surface area contributed by atoms with Crippen LogP contribution < -0.4 is 5.32 Å². The number of cyclic esters (lactones) is 1. The van der Waals surface area contributed by atoms with Gasteiger partial charge >= 0.3 is 6.09 Å². The van der Waals surface area contributed by atoms with E-state index in [1.54, 1.807) is 12.4 Å². The quantitative estimate of drug-likeness (QED) is 0.816. The topological polar surface area (TPSA) is 51.2 Å². The zero-order valence-electron chi connectivity index (χ0n) is 11.6. The number of ether oxygens (including phenoxy) is 1. The van der Waals surface area contributed by atoms with E-state index in [1.165, 1.54) is 5.56 Å². The molecule has 1 fully saturated rings. The van der Waals surface area contributed by atoms with Crippen molar-refractivity contribution < 1.29 is 9.53 Å². The molecule has 0 bridgehead atoms. The predicted molar refractivity (Wildman–Crippen MR) is 78.6 cm³/mol. The van der Waals surface area contributed by atoms with Gasteiger partial charge in [0, 0.05) is 23.5 Å². The molecule has 1 aliphatic rings. The van der Waals surface area contributed by atoms with Crippen LogP contribution in [-0.2, 0) is 4.74 Å². The van der Waals surface area contributed by atoms with Crippen LogP contribution in [0, 0.1) is 18.8 Å². The van der Waals surface area contributed by atoms with Crippen LogP contribution in [0.5, 0.6) is 0 Å². The van der Waals surface area contributed by atoms with Crippen LogP contribution >= 0.6 is 0 Å². The van der Waals surface area contributed by atoms with E-state index in [2.05, 4.69) is 22.1 Å². The normalized spacial score (nSPS) is 16.6. The van der Waals surface area contributed by atoms with Gasteiger partial charge < -0.3 is 10.1 Å². The van der Waals surface area contributed by atoms with E-state index in [0.717, 1.165) is 16.7 Å². The summed E-state index contributed by atoms with van der Waals surface area (Å²) < 4.78 is 4.89. The summed E-state index contributed by atoms with van der Waals surface area (Å²) in [6, 6.07) is 9.82. The number of rotatable bonds is 1. The highest BCUT2D eigenvalue weighted by molar-refractivity contribution is 5.70. The summed E-state index contributed by atoms with van der Waals surface area (Å²) in [5.41, 5.74) is 3.88. The second-order valence-corrected chi connectivity index (χ2v) is 4.92. The molecule has 104 valence electrons. The summed E-state index contributed by atoms with van der Waals surface area (Å²) in [5, 5.41) is 2.73. The van der Waals surface area contributed by atoms with Crippen molar-refractivity contribution in [3.63, 3.8) is 0 Å². The predicted octanol–water partition coefficient (Wildman–Crippen LogP) is 2.57. The lowest BCUT2D eigenvalue weighted by atomic mass is 10.1. The molecule has 4 nitrogen and oxygen atoms in total. The molecule has 1 N–H and O–H groups in total. The lowest BCUT2D eigenvalue weighted by molar-refractivity contribution is 0.177. The van der Waals surface area contributed by atoms with E-state index in [-0.39, 0.29) is 6.04 Å². The number of alkyl carbamates (subject to hydrolysis) is 1. The van der Waals surface area contributed by atoms with Gasteiger partial charge in [0.05, 0.1) is 6.04 Å². The number of pyridine rings is 1. The van der Waals surface area contributed by atoms with Crippen molar-refractivity contribution in [2.24, 2.45) is 0 Å². The Labute approximate surface area is 123 Å². The molecule has 1 atom stereocenters. The molecule has 0 saturated carbocycles. The third-order valence-corrected chi connectivity index (χ3v) is 3.24. The van der Waals surface area contributed by atoms with Gasteiger partial charge in [-0.15, -0.1) is 0 Å². The van der Waals surface area contributed by atoms with Crippen molar-refractivity contribution in [2.45, 2.75) is 13.0 Å². The minimum absolute atomic E-state index is 0.147. The Balaban J connectivity index is 1.80. The summed E-state index contributed by atoms with van der Waals surface area (Å²) in [5.74, 6) is 6.20. The Morgan fingerprint density at radius 2 is 1.95 bits per heavy atom. The standard InChI is InChI=1S/C17H14N2O2/c1-12-2-4-13(5-3-12)6-7-14-8-15(10-18-9-14)16-11-21-17(20)19-16/h2-5,8-10,16H,11H2,1H3,(H,19,20). The second kappa shape index (κ2) is 5.68. The Hall–Kier alpha value is -2.80. The van der Waals surface area contributed by atoms with Gasteiger partial charge in [-0.2, -0.15) is 0 Å². The number of nitrogens with one attached hydrogen (secondary N) is 1. The highest BCUT2D eigenvalue weighted by Gasteiger charge is 2.23. The van der Waals surface area contributed by atoms with Gasteiger partial charge in [-0.1, -0.05) is 29.5 Å². The van der Waals surface area contributed by atoms with E-state index in [0.29, 0.717) is 6.61 Å². The monoisotopic (exact) mass is 278 g/mol. The maximum Gasteiger partial charge on any atom is 0.407 e. The lowest BCUT2D eigenvalue weighted by Crippen LogP contribution is -2.18. The molecular weight excluding hydrogens is 264 g/mol. The maximum absolute atomic E-state index is 11.1. The maximum atomic E-state index is 11.1. The molecule has 1 amide bonds. The average Bonchev–Trinajstić information content (AvgIpc) is 2.94. The van der Waals surface area contributed by atoms with Gasteiger partial charge in [0.15, 0.2) is 0 Å². The van der Waals surface area contributed by atoms with Crippen molar-refractivity contribution in [1.82, 2.24) is 10.3 Å². The largest absolute Gasteiger partial charge is 0.447 e. The van der Waals surface area contributed by atoms with E-state index >= 15 is 0 Å². The number of benzene rings is 1. The van der Waals surface area contributed by atoms with E-state index in [9.17, 15) is 4.79 Å². The Kier molecular flexibility index (Phi) is 3.57. The first-order chi connectivity index (χ1) is 10.2. The van der Waals surface area contributed by atoms with Crippen LogP contribution in [0.1, 0.15) is 28.3 Å². The van der Waals surface area contributed by atoms with Gasteiger partial charge in [-0.25, -0.2) is 4.79 Å². The molecule has 2 heterocycles. The molecule has 1 aromatic carbocycles. The molecule has 3 rings (SSSR count). The zero-order valence-corrected chi connectivity index (χ0v) is 11.6. The minimum Gasteiger partial charge on any atom is -0.447 e. The van der Waals surface area contributed by atoms with Crippen LogP contribution in [0.25, 0.3) is 0 Å². The van der Waals surface area contributed by atoms with Gasteiger partial charge in [-0.3, -0.25) is 4.98 Å². The first-order valence-electron chi connectivity index (χ1n) is 6.67. The van der Waals surface area contributed by atoms with Crippen molar-refractivity contribution >= 4 is 6.09 Å². The Bertz CT molecular complexity index is 726. The first kappa shape index (κ1) is 13.2. The molecule has 1 aromatic heterocycles. The molecule has 0 aliphatic carbocycles. The fourth-order valence-corrected chi connectivity index (χ4v) is 2.06. The summed E-state index contributed by atoms with van der Waals surface area (Å²) in [4.78, 5) is 15.2. The van der Waals surface area contributed by atoms with Crippen molar-refractivity contribution in [1.29, 1.82) is 0 Å². The highest BCUT2D eigenvalue weighted by Crippen LogP contribution is 2.17. The van der Waals surface area contributed by atoms with Crippen molar-refractivity contribution in [2.75, 3.05) is 6.61 Å². The van der Waals surface area contributed by atoms with Gasteiger partial charge in [0.2, 0.25) is 0 Å². The van der Waals surface area contributed by atoms with E-state index in [4.69, 9.17) is 4.74 Å². The summed E-state index contributed by atoms with van der Waals surface area (Å²) in [6.07, 6.45) is 3.04. The number of hydrogen-bond acceptors (Lipinski definition) is 3. The Morgan fingerprint density at radius 3 is 2.67 bits per heavy atom. The molecule has 2 aromatic rings. The third kappa shape index (κ3) is 3.21. The fourth-order valence-electron chi connectivity index (χ4n) is 2.06. The van der Waals surface area contributed by atoms with Crippen LogP contribution in [-0.4, -0.2) is 17.7 Å². The number of nitrogens with zero attached hydrogens (tertiary/aromatic N) is 1. The molecule has 0 radical (unpaired) electrons. The number of aromatic nitrogens is 1. The first-order valence-corrected chi connectivity index (χ1v) is 6.67. The summed E-state index contributed by atoms with van der Waals surface area (Å²) >= 11 is 0. The zero-order chi connectivity index (χ0) is 14.7. The number of amides is 1. The summed E-state index contributed by atoms with van der Waals surface area (Å²) in [7, 11) is 0. The second-order valence-electron chi connectivity index (χ2n) is 4.92. The van der Waals surface area contributed by atoms with Crippen LogP contribution in [0.15, 0.2) is 42.7 Å². The van der Waals surface area contributed by atoms with Crippen LogP contribution in [0.3, 0.4) is 0 Å². The average molecular weight is 278 g/mol. The molecule has 4 heteroatoms. The minimum atomic E-state index is -0.392. The van der Waals surface area contributed by atoms with E-state index in [1.807, 2.05) is 37.3 Å². The number of carbonyl (C=O) groups is 1. The summed E-state index contributed by atoms with van der Waals surface area (Å²) in [6.45, 7) is 2.37. The Morgan fingerprint density at radius 1 is 1.19 bits per heavy atom. The van der Waals surface area contributed by atoms with Crippen molar-refractivity contribution in [3.05, 3.63) is 65.0 Å². The van der Waals surface area contributed by atoms with Crippen LogP contribution in [0.4, 0.5) is 4.79 Å². The van der Waals surface area contributed by atoms with Gasteiger partial charge in [0.25, 0.3) is 0 Å². The molecule has 1 aliphatic heterocycles.